The Hall–Kier alpha value is -1.95. The van der Waals surface area contributed by atoms with Crippen LogP contribution in [0, 0.1) is 0 Å². The number of hydrogen-bond donors (Lipinski definition) is 1. The van der Waals surface area contributed by atoms with E-state index in [1.165, 1.54) is 0 Å². The Morgan fingerprint density at radius 2 is 1.88 bits per heavy atom. The third kappa shape index (κ3) is 5.01. The summed E-state index contributed by atoms with van der Waals surface area (Å²) in [5, 5.41) is 0.494. The number of nitrogens with zero attached hydrogens (tertiary/aromatic N) is 2. The molecule has 0 atom stereocenters. The van der Waals surface area contributed by atoms with Gasteiger partial charge in [-0.1, -0.05) is 11.6 Å². The first kappa shape index (κ1) is 19.4. The summed E-state index contributed by atoms with van der Waals surface area (Å²) < 4.78 is 5.42. The number of carbonyl (C=O) groups is 2. The van der Waals surface area contributed by atoms with Crippen LogP contribution in [0.15, 0.2) is 18.2 Å². The van der Waals surface area contributed by atoms with Gasteiger partial charge in [0.15, 0.2) is 0 Å². The van der Waals surface area contributed by atoms with Gasteiger partial charge in [-0.25, -0.2) is 4.79 Å². The number of primary amides is 1. The molecular formula is C18H26ClN3O3. The molecule has 2 amide bonds. The molecule has 2 rings (SSSR count). The van der Waals surface area contributed by atoms with E-state index in [1.807, 2.05) is 33.9 Å². The van der Waals surface area contributed by atoms with E-state index in [9.17, 15) is 9.59 Å². The first-order valence-electron chi connectivity index (χ1n) is 8.38. The summed E-state index contributed by atoms with van der Waals surface area (Å²) in [6, 6.07) is 5.33. The van der Waals surface area contributed by atoms with E-state index in [0.29, 0.717) is 23.7 Å². The van der Waals surface area contributed by atoms with E-state index in [-0.39, 0.29) is 12.1 Å². The van der Waals surface area contributed by atoms with Gasteiger partial charge in [0.05, 0.1) is 10.7 Å². The van der Waals surface area contributed by atoms with Gasteiger partial charge in [0.2, 0.25) is 5.91 Å². The van der Waals surface area contributed by atoms with Crippen molar-refractivity contribution in [2.45, 2.75) is 45.3 Å². The van der Waals surface area contributed by atoms with Crippen LogP contribution >= 0.6 is 11.6 Å². The van der Waals surface area contributed by atoms with Gasteiger partial charge in [0, 0.05) is 31.7 Å². The van der Waals surface area contributed by atoms with Crippen LogP contribution in [0.3, 0.4) is 0 Å². The first-order valence-corrected chi connectivity index (χ1v) is 8.76. The third-order valence-corrected chi connectivity index (χ3v) is 4.58. The fourth-order valence-corrected chi connectivity index (χ4v) is 3.22. The number of nitrogens with two attached hydrogens (primary N) is 1. The topological polar surface area (TPSA) is 75.9 Å². The second kappa shape index (κ2) is 7.52. The molecule has 1 aliphatic heterocycles. The Morgan fingerprint density at radius 1 is 1.28 bits per heavy atom. The van der Waals surface area contributed by atoms with Gasteiger partial charge in [-0.15, -0.1) is 0 Å². The molecule has 1 aromatic rings. The zero-order chi connectivity index (χ0) is 18.8. The lowest BCUT2D eigenvalue weighted by Gasteiger charge is -2.38. The average Bonchev–Trinajstić information content (AvgIpc) is 2.52. The van der Waals surface area contributed by atoms with Crippen LogP contribution in [0.25, 0.3) is 0 Å². The summed E-state index contributed by atoms with van der Waals surface area (Å²) in [5.74, 6) is -0.498. The molecule has 0 unspecified atom stereocenters. The van der Waals surface area contributed by atoms with Crippen molar-refractivity contribution in [1.82, 2.24) is 4.90 Å². The van der Waals surface area contributed by atoms with Gasteiger partial charge in [-0.05, 0) is 51.8 Å². The van der Waals surface area contributed by atoms with Crippen molar-refractivity contribution in [2.75, 3.05) is 25.0 Å². The lowest BCUT2D eigenvalue weighted by Crippen LogP contribution is -2.47. The predicted octanol–water partition coefficient (Wildman–Crippen LogP) is 3.27. The maximum Gasteiger partial charge on any atom is 0.410 e. The number of amides is 2. The lowest BCUT2D eigenvalue weighted by molar-refractivity contribution is 0.0205. The molecule has 0 saturated carbocycles. The Kier molecular flexibility index (Phi) is 5.83. The summed E-state index contributed by atoms with van der Waals surface area (Å²) in [4.78, 5) is 27.2. The summed E-state index contributed by atoms with van der Waals surface area (Å²) in [5.41, 5.74) is 6.03. The summed E-state index contributed by atoms with van der Waals surface area (Å²) in [6.45, 7) is 6.87. The van der Waals surface area contributed by atoms with Gasteiger partial charge in [-0.2, -0.15) is 0 Å². The zero-order valence-electron chi connectivity index (χ0n) is 15.2. The minimum atomic E-state index is -0.498. The van der Waals surface area contributed by atoms with Crippen LogP contribution in [0.4, 0.5) is 10.5 Å². The fourth-order valence-electron chi connectivity index (χ4n) is 2.91. The largest absolute Gasteiger partial charge is 0.444 e. The standard InChI is InChI=1S/C18H26ClN3O3/c1-18(2,3)25-17(24)22-9-7-13(8-10-22)21(4)15-6-5-12(16(20)23)11-14(15)19/h5-6,11,13H,7-10H2,1-4H3,(H2,20,23). The normalized spacial score (nSPS) is 15.8. The molecule has 6 nitrogen and oxygen atoms in total. The molecule has 25 heavy (non-hydrogen) atoms. The highest BCUT2D eigenvalue weighted by atomic mass is 35.5. The highest BCUT2D eigenvalue weighted by Crippen LogP contribution is 2.30. The fraction of sp³-hybridized carbons (Fsp3) is 0.556. The Labute approximate surface area is 153 Å². The van der Waals surface area contributed by atoms with Crippen LogP contribution in [0.2, 0.25) is 5.02 Å². The molecule has 0 radical (unpaired) electrons. The van der Waals surface area contributed by atoms with Crippen LogP contribution < -0.4 is 10.6 Å². The molecule has 1 fully saturated rings. The molecule has 1 aliphatic rings. The maximum absolute atomic E-state index is 12.1. The van der Waals surface area contributed by atoms with Gasteiger partial charge in [0.1, 0.15) is 5.60 Å². The van der Waals surface area contributed by atoms with Crippen molar-refractivity contribution < 1.29 is 14.3 Å². The Morgan fingerprint density at radius 3 is 2.36 bits per heavy atom. The van der Waals surface area contributed by atoms with Gasteiger partial charge < -0.3 is 20.3 Å². The molecule has 0 bridgehead atoms. The number of likely N-dealkylation sites (tertiary alicyclic amines) is 1. The number of benzene rings is 1. The Balaban J connectivity index is 1.98. The van der Waals surface area contributed by atoms with Crippen LogP contribution in [-0.4, -0.2) is 48.7 Å². The summed E-state index contributed by atoms with van der Waals surface area (Å²) in [6.07, 6.45) is 1.38. The third-order valence-electron chi connectivity index (χ3n) is 4.28. The van der Waals surface area contributed by atoms with Gasteiger partial charge >= 0.3 is 6.09 Å². The average molecular weight is 368 g/mol. The van der Waals surface area contributed by atoms with Crippen molar-refractivity contribution in [2.24, 2.45) is 5.73 Å². The molecule has 1 saturated heterocycles. The molecule has 138 valence electrons. The van der Waals surface area contributed by atoms with Crippen molar-refractivity contribution >= 4 is 29.3 Å². The van der Waals surface area contributed by atoms with E-state index in [4.69, 9.17) is 22.1 Å². The molecular weight excluding hydrogens is 342 g/mol. The highest BCUT2D eigenvalue weighted by molar-refractivity contribution is 6.33. The number of carbonyl (C=O) groups excluding carboxylic acids is 2. The lowest BCUT2D eigenvalue weighted by atomic mass is 10.0. The number of anilines is 1. The highest BCUT2D eigenvalue weighted by Gasteiger charge is 2.29. The van der Waals surface area contributed by atoms with E-state index >= 15 is 0 Å². The van der Waals surface area contributed by atoms with Crippen molar-refractivity contribution in [3.05, 3.63) is 28.8 Å². The molecule has 7 heteroatoms. The maximum atomic E-state index is 12.1. The minimum absolute atomic E-state index is 0.260. The van der Waals surface area contributed by atoms with Crippen molar-refractivity contribution in [3.63, 3.8) is 0 Å². The van der Waals surface area contributed by atoms with E-state index in [0.717, 1.165) is 18.5 Å². The van der Waals surface area contributed by atoms with Crippen molar-refractivity contribution in [1.29, 1.82) is 0 Å². The first-order chi connectivity index (χ1) is 11.6. The molecule has 1 aromatic carbocycles. The molecule has 1 heterocycles. The quantitative estimate of drug-likeness (QED) is 0.889. The Bertz CT molecular complexity index is 649. The molecule has 2 N–H and O–H groups in total. The number of piperidine rings is 1. The minimum Gasteiger partial charge on any atom is -0.444 e. The van der Waals surface area contributed by atoms with E-state index < -0.39 is 11.5 Å². The van der Waals surface area contributed by atoms with Gasteiger partial charge in [0.25, 0.3) is 0 Å². The second-order valence-corrected chi connectivity index (χ2v) is 7.75. The molecule has 0 aromatic heterocycles. The van der Waals surface area contributed by atoms with E-state index in [1.54, 1.807) is 17.0 Å². The molecule has 0 aliphatic carbocycles. The summed E-state index contributed by atoms with van der Waals surface area (Å²) in [7, 11) is 1.97. The predicted molar refractivity (Wildman–Crippen MR) is 99.2 cm³/mol. The van der Waals surface area contributed by atoms with Crippen molar-refractivity contribution in [3.8, 4) is 0 Å². The van der Waals surface area contributed by atoms with Crippen LogP contribution in [0.5, 0.6) is 0 Å². The summed E-state index contributed by atoms with van der Waals surface area (Å²) >= 11 is 6.31. The number of halogens is 1. The second-order valence-electron chi connectivity index (χ2n) is 7.34. The van der Waals surface area contributed by atoms with Gasteiger partial charge in [-0.3, -0.25) is 4.79 Å². The van der Waals surface area contributed by atoms with E-state index in [2.05, 4.69) is 4.90 Å². The monoisotopic (exact) mass is 367 g/mol. The van der Waals surface area contributed by atoms with Crippen LogP contribution in [0.1, 0.15) is 44.0 Å². The number of hydrogen-bond acceptors (Lipinski definition) is 4. The smallest absolute Gasteiger partial charge is 0.410 e. The SMILES string of the molecule is CN(c1ccc(C(N)=O)cc1Cl)C1CCN(C(=O)OC(C)(C)C)CC1. The molecule has 0 spiro atoms. The zero-order valence-corrected chi connectivity index (χ0v) is 16.0. The number of ether oxygens (including phenoxy) is 1. The number of rotatable bonds is 3. The van der Waals surface area contributed by atoms with Crippen LogP contribution in [-0.2, 0) is 4.74 Å².